The quantitative estimate of drug-likeness (QED) is 0.691. The van der Waals surface area contributed by atoms with Gasteiger partial charge < -0.3 is 14.3 Å². The summed E-state index contributed by atoms with van der Waals surface area (Å²) >= 11 is 0. The van der Waals surface area contributed by atoms with Crippen LogP contribution in [0.25, 0.3) is 10.9 Å². The van der Waals surface area contributed by atoms with Crippen molar-refractivity contribution in [3.05, 3.63) is 41.8 Å². The molecule has 4 heterocycles. The van der Waals surface area contributed by atoms with Crippen LogP contribution in [0.15, 0.2) is 29.0 Å². The molecule has 0 saturated carbocycles. The van der Waals surface area contributed by atoms with Gasteiger partial charge in [0.05, 0.1) is 5.52 Å². The van der Waals surface area contributed by atoms with E-state index in [1.807, 2.05) is 6.92 Å². The van der Waals surface area contributed by atoms with Crippen LogP contribution in [0.2, 0.25) is 0 Å². The zero-order valence-corrected chi connectivity index (χ0v) is 16.6. The van der Waals surface area contributed by atoms with Crippen molar-refractivity contribution in [1.82, 2.24) is 25.0 Å². The Hall–Kier alpha value is -2.54. The van der Waals surface area contributed by atoms with E-state index in [1.165, 1.54) is 31.5 Å². The van der Waals surface area contributed by atoms with Crippen molar-refractivity contribution >= 4 is 16.7 Å². The smallest absolute Gasteiger partial charge is 0.226 e. The number of likely N-dealkylation sites (tertiary alicyclic amines) is 1. The highest BCUT2D eigenvalue weighted by Gasteiger charge is 2.45. The Morgan fingerprint density at radius 1 is 1.11 bits per heavy atom. The Bertz CT molecular complexity index is 983. The summed E-state index contributed by atoms with van der Waals surface area (Å²) < 4.78 is 5.24. The summed E-state index contributed by atoms with van der Waals surface area (Å²) in [6, 6.07) is 6.46. The van der Waals surface area contributed by atoms with Gasteiger partial charge in [0.2, 0.25) is 5.89 Å². The topological polar surface area (TPSA) is 71.2 Å². The van der Waals surface area contributed by atoms with Crippen molar-refractivity contribution in [2.24, 2.45) is 5.41 Å². The lowest BCUT2D eigenvalue weighted by atomic mass is 9.72. The summed E-state index contributed by atoms with van der Waals surface area (Å²) in [4.78, 5) is 18.3. The molecule has 0 unspecified atom stereocenters. The Balaban J connectivity index is 1.34. The third kappa shape index (κ3) is 3.24. The zero-order valence-electron chi connectivity index (χ0n) is 16.6. The highest BCUT2D eigenvalue weighted by atomic mass is 16.5. The van der Waals surface area contributed by atoms with E-state index in [-0.39, 0.29) is 0 Å². The molecule has 2 aliphatic rings. The highest BCUT2D eigenvalue weighted by molar-refractivity contribution is 5.90. The van der Waals surface area contributed by atoms with Crippen LogP contribution in [0.5, 0.6) is 0 Å². The van der Waals surface area contributed by atoms with E-state index >= 15 is 0 Å². The second kappa shape index (κ2) is 6.81. The van der Waals surface area contributed by atoms with E-state index in [4.69, 9.17) is 4.52 Å². The minimum absolute atomic E-state index is 0.483. The van der Waals surface area contributed by atoms with Gasteiger partial charge in [-0.2, -0.15) is 4.98 Å². The first-order chi connectivity index (χ1) is 13.6. The first-order valence-electron chi connectivity index (χ1n) is 10.1. The Kier molecular flexibility index (Phi) is 4.27. The molecular formula is C21H26N6O. The van der Waals surface area contributed by atoms with E-state index in [0.717, 1.165) is 42.7 Å². The summed E-state index contributed by atoms with van der Waals surface area (Å²) in [6.07, 6.45) is 5.88. The van der Waals surface area contributed by atoms with Gasteiger partial charge in [-0.1, -0.05) is 11.2 Å². The van der Waals surface area contributed by atoms with Crippen LogP contribution in [0.3, 0.4) is 0 Å². The van der Waals surface area contributed by atoms with E-state index in [9.17, 15) is 0 Å². The molecule has 0 aliphatic carbocycles. The fraction of sp³-hybridized carbons (Fsp3) is 0.524. The molecule has 0 atom stereocenters. The number of piperidine rings is 1. The predicted molar refractivity (Wildman–Crippen MR) is 107 cm³/mol. The largest absolute Gasteiger partial charge is 0.355 e. The fourth-order valence-electron chi connectivity index (χ4n) is 4.51. The van der Waals surface area contributed by atoms with E-state index in [0.29, 0.717) is 17.1 Å². The molecule has 0 bridgehead atoms. The van der Waals surface area contributed by atoms with Crippen LogP contribution in [-0.4, -0.2) is 58.2 Å². The average Bonchev–Trinajstić information content (AvgIpc) is 3.10. The van der Waals surface area contributed by atoms with Gasteiger partial charge in [0.15, 0.2) is 5.82 Å². The number of nitrogens with zero attached hydrogens (tertiary/aromatic N) is 6. The molecule has 0 radical (unpaired) electrons. The van der Waals surface area contributed by atoms with Crippen LogP contribution < -0.4 is 4.90 Å². The Labute approximate surface area is 164 Å². The van der Waals surface area contributed by atoms with Crippen molar-refractivity contribution in [3.8, 4) is 0 Å². The summed E-state index contributed by atoms with van der Waals surface area (Å²) in [6.45, 7) is 6.48. The molecule has 1 spiro atoms. The van der Waals surface area contributed by atoms with Crippen LogP contribution in [0, 0.1) is 12.3 Å². The number of benzene rings is 1. The number of aromatic nitrogens is 4. The minimum atomic E-state index is 0.483. The monoisotopic (exact) mass is 378 g/mol. The molecule has 1 aromatic carbocycles. The lowest BCUT2D eigenvalue weighted by Gasteiger charge is -2.54. The first kappa shape index (κ1) is 17.6. The molecular weight excluding hydrogens is 352 g/mol. The number of anilines is 1. The van der Waals surface area contributed by atoms with Crippen molar-refractivity contribution in [2.75, 3.05) is 38.1 Å². The maximum absolute atomic E-state index is 5.24. The second-order valence-electron chi connectivity index (χ2n) is 8.44. The van der Waals surface area contributed by atoms with Gasteiger partial charge in [0.1, 0.15) is 12.1 Å². The molecule has 2 aromatic heterocycles. The minimum Gasteiger partial charge on any atom is -0.355 e. The van der Waals surface area contributed by atoms with Crippen LogP contribution in [0.4, 0.5) is 5.82 Å². The van der Waals surface area contributed by atoms with Crippen LogP contribution in [0.1, 0.15) is 30.1 Å². The van der Waals surface area contributed by atoms with Crippen molar-refractivity contribution in [1.29, 1.82) is 0 Å². The van der Waals surface area contributed by atoms with Crippen LogP contribution >= 0.6 is 0 Å². The van der Waals surface area contributed by atoms with Crippen molar-refractivity contribution in [2.45, 2.75) is 32.6 Å². The SMILES string of the molecule is Cc1noc(CCc2ccc3ncnc(N4CC5(CCN(C)CC5)C4)c3c2)n1. The second-order valence-corrected chi connectivity index (χ2v) is 8.44. The maximum atomic E-state index is 5.24. The van der Waals surface area contributed by atoms with Gasteiger partial charge in [-0.15, -0.1) is 0 Å². The molecule has 7 nitrogen and oxygen atoms in total. The molecule has 0 N–H and O–H groups in total. The molecule has 7 heteroatoms. The number of hydrogen-bond donors (Lipinski definition) is 0. The molecule has 146 valence electrons. The number of hydrogen-bond acceptors (Lipinski definition) is 7. The lowest BCUT2D eigenvalue weighted by Crippen LogP contribution is -2.60. The average molecular weight is 378 g/mol. The van der Waals surface area contributed by atoms with Gasteiger partial charge in [-0.3, -0.25) is 0 Å². The molecule has 28 heavy (non-hydrogen) atoms. The zero-order chi connectivity index (χ0) is 19.1. The normalized spacial score (nSPS) is 19.3. The molecule has 2 aliphatic heterocycles. The number of aryl methyl sites for hydroxylation is 3. The van der Waals surface area contributed by atoms with E-state index in [2.05, 4.69) is 55.2 Å². The summed E-state index contributed by atoms with van der Waals surface area (Å²) in [5.74, 6) is 2.45. The van der Waals surface area contributed by atoms with Gasteiger partial charge in [0, 0.05) is 30.3 Å². The highest BCUT2D eigenvalue weighted by Crippen LogP contribution is 2.43. The number of rotatable bonds is 4. The van der Waals surface area contributed by atoms with Gasteiger partial charge >= 0.3 is 0 Å². The summed E-state index contributed by atoms with van der Waals surface area (Å²) in [5.41, 5.74) is 2.73. The Morgan fingerprint density at radius 2 is 1.93 bits per heavy atom. The summed E-state index contributed by atoms with van der Waals surface area (Å²) in [7, 11) is 2.22. The van der Waals surface area contributed by atoms with Gasteiger partial charge in [-0.25, -0.2) is 9.97 Å². The standard InChI is InChI=1S/C21H26N6O/c1-15-24-19(28-25-15)6-4-16-3-5-18-17(11-16)20(23-14-22-18)27-12-21(13-27)7-9-26(2)10-8-21/h3,5,11,14H,4,6-10,12-13H2,1-2H3. The van der Waals surface area contributed by atoms with Crippen molar-refractivity contribution in [3.63, 3.8) is 0 Å². The van der Waals surface area contributed by atoms with E-state index < -0.39 is 0 Å². The van der Waals surface area contributed by atoms with E-state index in [1.54, 1.807) is 6.33 Å². The van der Waals surface area contributed by atoms with Crippen LogP contribution in [-0.2, 0) is 12.8 Å². The lowest BCUT2D eigenvalue weighted by molar-refractivity contribution is 0.0902. The molecule has 2 saturated heterocycles. The first-order valence-corrected chi connectivity index (χ1v) is 10.1. The van der Waals surface area contributed by atoms with Gasteiger partial charge in [0.25, 0.3) is 0 Å². The molecule has 0 amide bonds. The third-order valence-electron chi connectivity index (χ3n) is 6.28. The number of fused-ring (bicyclic) bond motifs is 1. The maximum Gasteiger partial charge on any atom is 0.226 e. The van der Waals surface area contributed by atoms with Crippen molar-refractivity contribution < 1.29 is 4.52 Å². The third-order valence-corrected chi connectivity index (χ3v) is 6.28. The molecule has 2 fully saturated rings. The fourth-order valence-corrected chi connectivity index (χ4v) is 4.51. The Morgan fingerprint density at radius 3 is 2.68 bits per heavy atom. The van der Waals surface area contributed by atoms with Gasteiger partial charge in [-0.05, 0) is 64.0 Å². The molecule has 3 aromatic rings. The predicted octanol–water partition coefficient (Wildman–Crippen LogP) is 2.64. The summed E-state index contributed by atoms with van der Waals surface area (Å²) in [5, 5.41) is 5.01. The molecule has 5 rings (SSSR count).